The van der Waals surface area contributed by atoms with Crippen molar-refractivity contribution in [3.05, 3.63) is 28.8 Å². The minimum Gasteiger partial charge on any atom is -0.396 e. The van der Waals surface area contributed by atoms with Crippen molar-refractivity contribution in [1.82, 2.24) is 0 Å². The van der Waals surface area contributed by atoms with Crippen molar-refractivity contribution in [2.45, 2.75) is 6.42 Å². The number of aliphatic hydroxyl groups excluding tert-OH is 1. The SMILES string of the molecule is N#Cc1ccc(N2CCC(CO)C2)cc1Cl. The number of halogens is 1. The lowest BCUT2D eigenvalue weighted by Crippen LogP contribution is -2.20. The molecule has 1 aromatic rings. The van der Waals surface area contributed by atoms with E-state index in [0.717, 1.165) is 25.2 Å². The highest BCUT2D eigenvalue weighted by molar-refractivity contribution is 6.32. The fraction of sp³-hybridized carbons (Fsp3) is 0.417. The number of nitrogens with zero attached hydrogens (tertiary/aromatic N) is 2. The van der Waals surface area contributed by atoms with E-state index < -0.39 is 0 Å². The third kappa shape index (κ3) is 2.13. The van der Waals surface area contributed by atoms with Gasteiger partial charge in [-0.2, -0.15) is 5.26 Å². The van der Waals surface area contributed by atoms with E-state index in [2.05, 4.69) is 4.90 Å². The van der Waals surface area contributed by atoms with Gasteiger partial charge in [-0.05, 0) is 24.6 Å². The van der Waals surface area contributed by atoms with E-state index in [1.165, 1.54) is 0 Å². The van der Waals surface area contributed by atoms with Crippen molar-refractivity contribution in [3.63, 3.8) is 0 Å². The second-order valence-corrected chi connectivity index (χ2v) is 4.47. The van der Waals surface area contributed by atoms with Crippen molar-refractivity contribution in [1.29, 1.82) is 5.26 Å². The highest BCUT2D eigenvalue weighted by Crippen LogP contribution is 2.27. The Kier molecular flexibility index (Phi) is 3.33. The molecule has 0 amide bonds. The van der Waals surface area contributed by atoms with Gasteiger partial charge in [0.1, 0.15) is 6.07 Å². The van der Waals surface area contributed by atoms with Gasteiger partial charge >= 0.3 is 0 Å². The molecular weight excluding hydrogens is 224 g/mol. The summed E-state index contributed by atoms with van der Waals surface area (Å²) in [5.41, 5.74) is 1.53. The van der Waals surface area contributed by atoms with E-state index in [1.54, 1.807) is 6.07 Å². The lowest BCUT2D eigenvalue weighted by molar-refractivity contribution is 0.238. The second kappa shape index (κ2) is 4.73. The minimum atomic E-state index is 0.237. The molecule has 1 saturated heterocycles. The molecule has 1 atom stereocenters. The first-order valence-corrected chi connectivity index (χ1v) is 5.68. The lowest BCUT2D eigenvalue weighted by atomic mass is 10.1. The summed E-state index contributed by atoms with van der Waals surface area (Å²) in [7, 11) is 0. The molecule has 1 N–H and O–H groups in total. The molecule has 1 unspecified atom stereocenters. The van der Waals surface area contributed by atoms with Crippen molar-refractivity contribution in [2.75, 3.05) is 24.6 Å². The summed E-state index contributed by atoms with van der Waals surface area (Å²) in [6.45, 7) is 2.03. The second-order valence-electron chi connectivity index (χ2n) is 4.06. The van der Waals surface area contributed by atoms with E-state index in [4.69, 9.17) is 22.0 Å². The third-order valence-corrected chi connectivity index (χ3v) is 3.30. The quantitative estimate of drug-likeness (QED) is 0.855. The molecule has 0 bridgehead atoms. The van der Waals surface area contributed by atoms with Gasteiger partial charge in [0.25, 0.3) is 0 Å². The summed E-state index contributed by atoms with van der Waals surface area (Å²) >= 11 is 5.98. The molecule has 1 heterocycles. The molecule has 2 rings (SSSR count). The third-order valence-electron chi connectivity index (χ3n) is 2.98. The fourth-order valence-electron chi connectivity index (χ4n) is 2.01. The van der Waals surface area contributed by atoms with E-state index in [9.17, 15) is 0 Å². The average Bonchev–Trinajstić information content (AvgIpc) is 2.77. The molecule has 84 valence electrons. The maximum absolute atomic E-state index is 9.07. The predicted octanol–water partition coefficient (Wildman–Crippen LogP) is 2.03. The van der Waals surface area contributed by atoms with Gasteiger partial charge in [-0.1, -0.05) is 11.6 Å². The van der Waals surface area contributed by atoms with Crippen LogP contribution in [0.5, 0.6) is 0 Å². The topological polar surface area (TPSA) is 47.3 Å². The molecule has 0 spiro atoms. The summed E-state index contributed by atoms with van der Waals surface area (Å²) in [5, 5.41) is 18.3. The maximum atomic E-state index is 9.07. The zero-order valence-electron chi connectivity index (χ0n) is 8.86. The normalized spacial score (nSPS) is 19.8. The Morgan fingerprint density at radius 1 is 1.56 bits per heavy atom. The smallest absolute Gasteiger partial charge is 0.101 e. The van der Waals surface area contributed by atoms with Gasteiger partial charge < -0.3 is 10.0 Å². The zero-order chi connectivity index (χ0) is 11.5. The van der Waals surface area contributed by atoms with E-state index in [-0.39, 0.29) is 6.61 Å². The first kappa shape index (κ1) is 11.3. The summed E-state index contributed by atoms with van der Waals surface area (Å²) in [5.74, 6) is 0.356. The summed E-state index contributed by atoms with van der Waals surface area (Å²) in [6, 6.07) is 7.51. The minimum absolute atomic E-state index is 0.237. The van der Waals surface area contributed by atoms with E-state index in [0.29, 0.717) is 16.5 Å². The Bertz CT molecular complexity index is 428. The predicted molar refractivity (Wildman–Crippen MR) is 63.6 cm³/mol. The molecule has 16 heavy (non-hydrogen) atoms. The molecule has 0 saturated carbocycles. The standard InChI is InChI=1S/C12H13ClN2O/c13-12-5-11(2-1-10(12)6-14)15-4-3-9(7-15)8-16/h1-2,5,9,16H,3-4,7-8H2. The number of hydrogen-bond acceptors (Lipinski definition) is 3. The molecule has 1 fully saturated rings. The van der Waals surface area contributed by atoms with Crippen molar-refractivity contribution in [2.24, 2.45) is 5.92 Å². The first-order valence-electron chi connectivity index (χ1n) is 5.30. The summed E-state index contributed by atoms with van der Waals surface area (Å²) in [6.07, 6.45) is 1.01. The van der Waals surface area contributed by atoms with Gasteiger partial charge in [0.15, 0.2) is 0 Å². The fourth-order valence-corrected chi connectivity index (χ4v) is 2.22. The van der Waals surface area contributed by atoms with Crippen LogP contribution in [0.4, 0.5) is 5.69 Å². The molecule has 1 aliphatic rings. The molecule has 1 aromatic carbocycles. The molecule has 0 aromatic heterocycles. The van der Waals surface area contributed by atoms with E-state index >= 15 is 0 Å². The Hall–Kier alpha value is -1.24. The van der Waals surface area contributed by atoms with Gasteiger partial charge in [0.05, 0.1) is 10.6 Å². The van der Waals surface area contributed by atoms with Crippen LogP contribution in [-0.2, 0) is 0 Å². The van der Waals surface area contributed by atoms with Crippen molar-refractivity contribution in [3.8, 4) is 6.07 Å². The molecule has 0 radical (unpaired) electrons. The molecule has 1 aliphatic heterocycles. The monoisotopic (exact) mass is 236 g/mol. The Morgan fingerprint density at radius 3 is 2.94 bits per heavy atom. The Labute approximate surface area is 99.9 Å². The largest absolute Gasteiger partial charge is 0.396 e. The van der Waals surface area contributed by atoms with Crippen LogP contribution in [0.3, 0.4) is 0 Å². The van der Waals surface area contributed by atoms with Gasteiger partial charge in [0.2, 0.25) is 0 Å². The highest BCUT2D eigenvalue weighted by Gasteiger charge is 2.22. The number of aliphatic hydroxyl groups is 1. The number of nitriles is 1. The average molecular weight is 237 g/mol. The Morgan fingerprint density at radius 2 is 2.38 bits per heavy atom. The van der Waals surface area contributed by atoms with Crippen molar-refractivity contribution < 1.29 is 5.11 Å². The van der Waals surface area contributed by atoms with Crippen LogP contribution in [0.1, 0.15) is 12.0 Å². The van der Waals surface area contributed by atoms with Crippen LogP contribution in [0.15, 0.2) is 18.2 Å². The van der Waals surface area contributed by atoms with Crippen LogP contribution in [0.2, 0.25) is 5.02 Å². The molecule has 4 heteroatoms. The summed E-state index contributed by atoms with van der Waals surface area (Å²) < 4.78 is 0. The molecule has 0 aliphatic carbocycles. The van der Waals surface area contributed by atoms with Crippen LogP contribution < -0.4 is 4.90 Å². The zero-order valence-corrected chi connectivity index (χ0v) is 9.61. The lowest BCUT2D eigenvalue weighted by Gasteiger charge is -2.18. The summed E-state index contributed by atoms with van der Waals surface area (Å²) in [4.78, 5) is 2.19. The van der Waals surface area contributed by atoms with E-state index in [1.807, 2.05) is 18.2 Å². The van der Waals surface area contributed by atoms with Gasteiger partial charge in [-0.15, -0.1) is 0 Å². The van der Waals surface area contributed by atoms with Gasteiger partial charge in [0, 0.05) is 31.3 Å². The van der Waals surface area contributed by atoms with Gasteiger partial charge in [-0.3, -0.25) is 0 Å². The first-order chi connectivity index (χ1) is 7.74. The molecule has 3 nitrogen and oxygen atoms in total. The number of hydrogen-bond donors (Lipinski definition) is 1. The highest BCUT2D eigenvalue weighted by atomic mass is 35.5. The van der Waals surface area contributed by atoms with Crippen LogP contribution in [0, 0.1) is 17.2 Å². The maximum Gasteiger partial charge on any atom is 0.101 e. The number of anilines is 1. The number of benzene rings is 1. The van der Waals surface area contributed by atoms with Crippen LogP contribution in [0.25, 0.3) is 0 Å². The van der Waals surface area contributed by atoms with Crippen LogP contribution in [-0.4, -0.2) is 24.8 Å². The molecular formula is C12H13ClN2O. The Balaban J connectivity index is 2.17. The van der Waals surface area contributed by atoms with Crippen LogP contribution >= 0.6 is 11.6 Å². The number of rotatable bonds is 2. The van der Waals surface area contributed by atoms with Crippen molar-refractivity contribution >= 4 is 17.3 Å². The van der Waals surface area contributed by atoms with Gasteiger partial charge in [-0.25, -0.2) is 0 Å².